The SMILES string of the molecule is O=C1c2ccccc2C(=O)N1Oc1ccccc1C(F)(F)F. The predicted molar refractivity (Wildman–Crippen MR) is 69.0 cm³/mol. The van der Waals surface area contributed by atoms with Gasteiger partial charge in [-0.05, 0) is 24.3 Å². The van der Waals surface area contributed by atoms with E-state index < -0.39 is 29.3 Å². The summed E-state index contributed by atoms with van der Waals surface area (Å²) in [6.45, 7) is 0. The van der Waals surface area contributed by atoms with Gasteiger partial charge in [0.1, 0.15) is 5.56 Å². The number of benzene rings is 2. The highest BCUT2D eigenvalue weighted by molar-refractivity contribution is 6.20. The van der Waals surface area contributed by atoms with Gasteiger partial charge in [0.25, 0.3) is 11.8 Å². The maximum absolute atomic E-state index is 12.9. The highest BCUT2D eigenvalue weighted by Crippen LogP contribution is 2.37. The van der Waals surface area contributed by atoms with Crippen molar-refractivity contribution in [1.29, 1.82) is 0 Å². The molecule has 0 unspecified atom stereocenters. The van der Waals surface area contributed by atoms with E-state index in [1.165, 1.54) is 24.3 Å². The van der Waals surface area contributed by atoms with Crippen molar-refractivity contribution in [2.75, 3.05) is 0 Å². The number of fused-ring (bicyclic) bond motifs is 1. The maximum Gasteiger partial charge on any atom is 0.420 e. The van der Waals surface area contributed by atoms with Crippen LogP contribution in [-0.4, -0.2) is 16.9 Å². The number of nitrogens with zero attached hydrogens (tertiary/aromatic N) is 1. The standard InChI is InChI=1S/C15H8F3NO3/c16-15(17,18)11-7-3-4-8-12(11)22-19-13(20)9-5-1-2-6-10(9)14(19)21/h1-8H. The van der Waals surface area contributed by atoms with Crippen molar-refractivity contribution in [2.24, 2.45) is 0 Å². The molecule has 7 heteroatoms. The van der Waals surface area contributed by atoms with E-state index >= 15 is 0 Å². The number of para-hydroxylation sites is 1. The highest BCUT2D eigenvalue weighted by atomic mass is 19.4. The zero-order valence-corrected chi connectivity index (χ0v) is 10.9. The van der Waals surface area contributed by atoms with Crippen molar-refractivity contribution in [1.82, 2.24) is 5.06 Å². The third-order valence-corrected chi connectivity index (χ3v) is 3.14. The predicted octanol–water partition coefficient (Wildman–Crippen LogP) is 3.30. The normalized spacial score (nSPS) is 14.2. The van der Waals surface area contributed by atoms with Crippen LogP contribution in [0.25, 0.3) is 0 Å². The van der Waals surface area contributed by atoms with Gasteiger partial charge in [-0.1, -0.05) is 29.3 Å². The molecule has 0 aromatic heterocycles. The molecule has 22 heavy (non-hydrogen) atoms. The number of hydroxylamine groups is 2. The Labute approximate surface area is 122 Å². The first kappa shape index (κ1) is 14.1. The average molecular weight is 307 g/mol. The van der Waals surface area contributed by atoms with E-state index in [2.05, 4.69) is 0 Å². The van der Waals surface area contributed by atoms with Crippen LogP contribution in [0.1, 0.15) is 26.3 Å². The minimum atomic E-state index is -4.66. The van der Waals surface area contributed by atoms with Crippen LogP contribution < -0.4 is 4.84 Å². The first-order valence-electron chi connectivity index (χ1n) is 6.21. The van der Waals surface area contributed by atoms with Gasteiger partial charge in [0.05, 0.1) is 11.1 Å². The molecule has 2 aromatic carbocycles. The topological polar surface area (TPSA) is 46.6 Å². The Balaban J connectivity index is 1.97. The number of hydrogen-bond donors (Lipinski definition) is 0. The number of carbonyl (C=O) groups is 2. The quantitative estimate of drug-likeness (QED) is 0.800. The fraction of sp³-hybridized carbons (Fsp3) is 0.0667. The molecule has 0 bridgehead atoms. The van der Waals surface area contributed by atoms with Crippen LogP contribution >= 0.6 is 0 Å². The molecule has 2 amide bonds. The van der Waals surface area contributed by atoms with Gasteiger partial charge < -0.3 is 4.84 Å². The molecule has 0 fully saturated rings. The Morgan fingerprint density at radius 3 is 1.86 bits per heavy atom. The Kier molecular flexibility index (Phi) is 3.13. The van der Waals surface area contributed by atoms with E-state index in [1.807, 2.05) is 0 Å². The van der Waals surface area contributed by atoms with Crippen molar-refractivity contribution >= 4 is 11.8 Å². The minimum Gasteiger partial charge on any atom is -0.368 e. The second-order valence-corrected chi connectivity index (χ2v) is 4.54. The lowest BCUT2D eigenvalue weighted by Gasteiger charge is -2.18. The number of halogens is 3. The van der Waals surface area contributed by atoms with E-state index in [0.717, 1.165) is 12.1 Å². The maximum atomic E-state index is 12.9. The first-order valence-corrected chi connectivity index (χ1v) is 6.21. The zero-order chi connectivity index (χ0) is 15.9. The lowest BCUT2D eigenvalue weighted by atomic mass is 10.1. The number of alkyl halides is 3. The average Bonchev–Trinajstić information content (AvgIpc) is 2.72. The Hall–Kier alpha value is -2.83. The van der Waals surface area contributed by atoms with E-state index in [9.17, 15) is 22.8 Å². The van der Waals surface area contributed by atoms with Gasteiger partial charge >= 0.3 is 6.18 Å². The van der Waals surface area contributed by atoms with E-state index in [1.54, 1.807) is 12.1 Å². The smallest absolute Gasteiger partial charge is 0.368 e. The van der Waals surface area contributed by atoms with E-state index in [4.69, 9.17) is 4.84 Å². The second kappa shape index (κ2) is 4.87. The van der Waals surface area contributed by atoms with Crippen molar-refractivity contribution < 1.29 is 27.6 Å². The van der Waals surface area contributed by atoms with Gasteiger partial charge in [-0.2, -0.15) is 13.2 Å². The molecule has 1 aliphatic rings. The van der Waals surface area contributed by atoms with Gasteiger partial charge in [0.15, 0.2) is 5.75 Å². The molecule has 0 radical (unpaired) electrons. The Bertz CT molecular complexity index is 736. The largest absolute Gasteiger partial charge is 0.420 e. The second-order valence-electron chi connectivity index (χ2n) is 4.54. The molecular formula is C15H8F3NO3. The number of carbonyl (C=O) groups excluding carboxylic acids is 2. The third-order valence-electron chi connectivity index (χ3n) is 3.14. The fourth-order valence-electron chi connectivity index (χ4n) is 2.13. The summed E-state index contributed by atoms with van der Waals surface area (Å²) in [5, 5.41) is 0.342. The molecule has 0 N–H and O–H groups in total. The molecule has 1 heterocycles. The number of amides is 2. The Morgan fingerprint density at radius 1 is 0.818 bits per heavy atom. The van der Waals surface area contributed by atoms with E-state index in [0.29, 0.717) is 5.06 Å². The summed E-state index contributed by atoms with van der Waals surface area (Å²) in [5.41, 5.74) is -0.875. The zero-order valence-electron chi connectivity index (χ0n) is 10.9. The number of hydrogen-bond acceptors (Lipinski definition) is 3. The van der Waals surface area contributed by atoms with Crippen LogP contribution in [0.4, 0.5) is 13.2 Å². The number of rotatable bonds is 2. The van der Waals surface area contributed by atoms with Crippen LogP contribution in [-0.2, 0) is 6.18 Å². The van der Waals surface area contributed by atoms with Crippen LogP contribution in [0, 0.1) is 0 Å². The summed E-state index contributed by atoms with van der Waals surface area (Å²) >= 11 is 0. The third kappa shape index (κ3) is 2.20. The fourth-order valence-corrected chi connectivity index (χ4v) is 2.13. The highest BCUT2D eigenvalue weighted by Gasteiger charge is 2.40. The molecule has 0 saturated carbocycles. The number of imide groups is 1. The summed E-state index contributed by atoms with van der Waals surface area (Å²) < 4.78 is 38.7. The molecule has 112 valence electrons. The van der Waals surface area contributed by atoms with Gasteiger partial charge in [-0.15, -0.1) is 0 Å². The molecule has 0 saturated heterocycles. The Morgan fingerprint density at radius 2 is 1.32 bits per heavy atom. The molecule has 3 rings (SSSR count). The van der Waals surface area contributed by atoms with Crippen molar-refractivity contribution in [3.8, 4) is 5.75 Å². The van der Waals surface area contributed by atoms with Crippen LogP contribution in [0.3, 0.4) is 0 Å². The molecule has 0 atom stereocenters. The molecular weight excluding hydrogens is 299 g/mol. The van der Waals surface area contributed by atoms with Gasteiger partial charge in [0, 0.05) is 0 Å². The summed E-state index contributed by atoms with van der Waals surface area (Å²) in [6.07, 6.45) is -4.66. The van der Waals surface area contributed by atoms with Crippen molar-refractivity contribution in [2.45, 2.75) is 6.18 Å². The summed E-state index contributed by atoms with van der Waals surface area (Å²) in [5.74, 6) is -2.19. The first-order chi connectivity index (χ1) is 10.4. The molecule has 4 nitrogen and oxygen atoms in total. The van der Waals surface area contributed by atoms with Crippen LogP contribution in [0.15, 0.2) is 48.5 Å². The molecule has 1 aliphatic heterocycles. The minimum absolute atomic E-state index is 0.0944. The van der Waals surface area contributed by atoms with Crippen molar-refractivity contribution in [3.05, 3.63) is 65.2 Å². The van der Waals surface area contributed by atoms with Gasteiger partial charge in [0.2, 0.25) is 0 Å². The van der Waals surface area contributed by atoms with Gasteiger partial charge in [-0.3, -0.25) is 9.59 Å². The summed E-state index contributed by atoms with van der Waals surface area (Å²) in [6, 6.07) is 10.3. The van der Waals surface area contributed by atoms with Crippen LogP contribution in [0.5, 0.6) is 5.75 Å². The molecule has 2 aromatic rings. The van der Waals surface area contributed by atoms with E-state index in [-0.39, 0.29) is 11.1 Å². The summed E-state index contributed by atoms with van der Waals surface area (Å²) in [7, 11) is 0. The lowest BCUT2D eigenvalue weighted by molar-refractivity contribution is -0.141. The van der Waals surface area contributed by atoms with Crippen molar-refractivity contribution in [3.63, 3.8) is 0 Å². The monoisotopic (exact) mass is 307 g/mol. The molecule has 0 spiro atoms. The summed E-state index contributed by atoms with van der Waals surface area (Å²) in [4.78, 5) is 29.1. The van der Waals surface area contributed by atoms with Crippen LogP contribution in [0.2, 0.25) is 0 Å². The molecule has 0 aliphatic carbocycles. The van der Waals surface area contributed by atoms with Gasteiger partial charge in [-0.25, -0.2) is 0 Å². The lowest BCUT2D eigenvalue weighted by Crippen LogP contribution is -2.33.